The van der Waals surface area contributed by atoms with Gasteiger partial charge in [0.15, 0.2) is 11.5 Å². The Morgan fingerprint density at radius 2 is 1.90 bits per heavy atom. The van der Waals surface area contributed by atoms with E-state index in [0.717, 1.165) is 17.9 Å². The van der Waals surface area contributed by atoms with Gasteiger partial charge in [0.2, 0.25) is 0 Å². The second kappa shape index (κ2) is 5.94. The lowest BCUT2D eigenvalue weighted by atomic mass is 10.2. The van der Waals surface area contributed by atoms with Crippen LogP contribution in [0.2, 0.25) is 5.02 Å². The zero-order valence-corrected chi connectivity index (χ0v) is 12.0. The van der Waals surface area contributed by atoms with Gasteiger partial charge in [-0.1, -0.05) is 17.7 Å². The molecule has 21 heavy (non-hydrogen) atoms. The van der Waals surface area contributed by atoms with E-state index in [1.165, 1.54) is 0 Å². The molecule has 1 aliphatic heterocycles. The molecule has 0 saturated heterocycles. The summed E-state index contributed by atoms with van der Waals surface area (Å²) in [6.07, 6.45) is 0.865. The number of halogens is 1. The summed E-state index contributed by atoms with van der Waals surface area (Å²) in [6.45, 7) is 1.30. The minimum absolute atomic E-state index is 0.422. The van der Waals surface area contributed by atoms with Gasteiger partial charge >= 0.3 is 0 Å². The predicted octanol–water partition coefficient (Wildman–Crippen LogP) is 4.12. The molecule has 0 aromatic heterocycles. The molecule has 106 valence electrons. The first-order chi connectivity index (χ1) is 10.3. The van der Waals surface area contributed by atoms with E-state index in [4.69, 9.17) is 21.1 Å². The summed E-state index contributed by atoms with van der Waals surface area (Å²) in [6, 6.07) is 13.0. The summed E-state index contributed by atoms with van der Waals surface area (Å²) in [7, 11) is 0. The SMILES string of the molecule is N#Cc1c(Cl)cccc1Nc1ccc2c(c1)OCCCO2. The Bertz CT molecular complexity index is 710. The van der Waals surface area contributed by atoms with Crippen molar-refractivity contribution < 1.29 is 9.47 Å². The molecule has 0 fully saturated rings. The molecule has 3 rings (SSSR count). The van der Waals surface area contributed by atoms with Crippen LogP contribution in [0.1, 0.15) is 12.0 Å². The molecule has 0 amide bonds. The number of anilines is 2. The molecule has 2 aromatic rings. The van der Waals surface area contributed by atoms with Crippen LogP contribution in [0.15, 0.2) is 36.4 Å². The van der Waals surface area contributed by atoms with Crippen molar-refractivity contribution in [2.45, 2.75) is 6.42 Å². The number of hydrogen-bond acceptors (Lipinski definition) is 4. The summed E-state index contributed by atoms with van der Waals surface area (Å²) in [5.41, 5.74) is 1.91. The number of hydrogen-bond donors (Lipinski definition) is 1. The van der Waals surface area contributed by atoms with Gasteiger partial charge in [0.1, 0.15) is 6.07 Å². The molecule has 1 N–H and O–H groups in total. The standard InChI is InChI=1S/C16H13ClN2O2/c17-13-3-1-4-14(12(13)10-18)19-11-5-6-15-16(9-11)21-8-2-7-20-15/h1,3-6,9,19H,2,7-8H2. The van der Waals surface area contributed by atoms with Gasteiger partial charge in [0.05, 0.1) is 29.5 Å². The van der Waals surface area contributed by atoms with E-state index in [9.17, 15) is 5.26 Å². The molecule has 0 atom stereocenters. The molecule has 5 heteroatoms. The number of fused-ring (bicyclic) bond motifs is 1. The second-order valence-electron chi connectivity index (χ2n) is 4.61. The van der Waals surface area contributed by atoms with Crippen LogP contribution in [0.4, 0.5) is 11.4 Å². The fraction of sp³-hybridized carbons (Fsp3) is 0.188. The van der Waals surface area contributed by atoms with E-state index in [-0.39, 0.29) is 0 Å². The van der Waals surface area contributed by atoms with Crippen LogP contribution in [0, 0.1) is 11.3 Å². The lowest BCUT2D eigenvalue weighted by molar-refractivity contribution is 0.297. The fourth-order valence-electron chi connectivity index (χ4n) is 2.14. The Kier molecular flexibility index (Phi) is 3.85. The Balaban J connectivity index is 1.91. The number of nitrogens with zero attached hydrogens (tertiary/aromatic N) is 1. The zero-order chi connectivity index (χ0) is 14.7. The number of ether oxygens (including phenoxy) is 2. The van der Waals surface area contributed by atoms with E-state index < -0.39 is 0 Å². The molecule has 0 radical (unpaired) electrons. The van der Waals surface area contributed by atoms with Crippen molar-refractivity contribution in [2.75, 3.05) is 18.5 Å². The monoisotopic (exact) mass is 300 g/mol. The first-order valence-electron chi connectivity index (χ1n) is 6.63. The van der Waals surface area contributed by atoms with Gasteiger partial charge in [0.25, 0.3) is 0 Å². The lowest BCUT2D eigenvalue weighted by Gasteiger charge is -2.12. The zero-order valence-electron chi connectivity index (χ0n) is 11.2. The van der Waals surface area contributed by atoms with Crippen LogP contribution in [-0.4, -0.2) is 13.2 Å². The number of nitrogens with one attached hydrogen (secondary N) is 1. The first kappa shape index (κ1) is 13.6. The average molecular weight is 301 g/mol. The van der Waals surface area contributed by atoms with Crippen molar-refractivity contribution in [3.63, 3.8) is 0 Å². The molecular formula is C16H13ClN2O2. The van der Waals surface area contributed by atoms with E-state index in [1.807, 2.05) is 24.3 Å². The highest BCUT2D eigenvalue weighted by Gasteiger charge is 2.12. The van der Waals surface area contributed by atoms with Crippen LogP contribution >= 0.6 is 11.6 Å². The minimum atomic E-state index is 0.422. The van der Waals surface area contributed by atoms with Crippen LogP contribution in [0.5, 0.6) is 11.5 Å². The number of nitriles is 1. The molecule has 1 heterocycles. The highest BCUT2D eigenvalue weighted by Crippen LogP contribution is 2.34. The topological polar surface area (TPSA) is 54.3 Å². The molecule has 0 spiro atoms. The fourth-order valence-corrected chi connectivity index (χ4v) is 2.36. The van der Waals surface area contributed by atoms with Crippen molar-refractivity contribution in [3.05, 3.63) is 47.0 Å². The second-order valence-corrected chi connectivity index (χ2v) is 5.02. The van der Waals surface area contributed by atoms with E-state index >= 15 is 0 Å². The smallest absolute Gasteiger partial charge is 0.163 e. The van der Waals surface area contributed by atoms with Crippen molar-refractivity contribution >= 4 is 23.0 Å². The highest BCUT2D eigenvalue weighted by molar-refractivity contribution is 6.32. The minimum Gasteiger partial charge on any atom is -0.490 e. The van der Waals surface area contributed by atoms with Crippen molar-refractivity contribution in [3.8, 4) is 17.6 Å². The maximum absolute atomic E-state index is 9.19. The Labute approximate surface area is 127 Å². The third-order valence-electron chi connectivity index (χ3n) is 3.15. The maximum atomic E-state index is 9.19. The van der Waals surface area contributed by atoms with Crippen LogP contribution < -0.4 is 14.8 Å². The third kappa shape index (κ3) is 2.88. The Morgan fingerprint density at radius 1 is 1.10 bits per heavy atom. The molecule has 4 nitrogen and oxygen atoms in total. The van der Waals surface area contributed by atoms with E-state index in [1.54, 1.807) is 12.1 Å². The van der Waals surface area contributed by atoms with E-state index in [0.29, 0.717) is 35.2 Å². The Morgan fingerprint density at radius 3 is 2.71 bits per heavy atom. The quantitative estimate of drug-likeness (QED) is 0.906. The van der Waals surface area contributed by atoms with Gasteiger partial charge in [-0.2, -0.15) is 5.26 Å². The molecule has 2 aromatic carbocycles. The van der Waals surface area contributed by atoms with E-state index in [2.05, 4.69) is 11.4 Å². The summed E-state index contributed by atoms with van der Waals surface area (Å²) < 4.78 is 11.2. The number of rotatable bonds is 2. The predicted molar refractivity (Wildman–Crippen MR) is 81.5 cm³/mol. The number of benzene rings is 2. The summed E-state index contributed by atoms with van der Waals surface area (Å²) in [5, 5.41) is 12.8. The van der Waals surface area contributed by atoms with Crippen molar-refractivity contribution in [2.24, 2.45) is 0 Å². The summed E-state index contributed by atoms with van der Waals surface area (Å²) in [5.74, 6) is 1.45. The summed E-state index contributed by atoms with van der Waals surface area (Å²) >= 11 is 6.03. The highest BCUT2D eigenvalue weighted by atomic mass is 35.5. The normalized spacial score (nSPS) is 13.1. The van der Waals surface area contributed by atoms with Gasteiger partial charge in [0, 0.05) is 18.2 Å². The molecule has 0 bridgehead atoms. The van der Waals surface area contributed by atoms with Gasteiger partial charge in [-0.25, -0.2) is 0 Å². The molecule has 0 saturated carbocycles. The maximum Gasteiger partial charge on any atom is 0.163 e. The Hall–Kier alpha value is -2.38. The van der Waals surface area contributed by atoms with Crippen molar-refractivity contribution in [1.82, 2.24) is 0 Å². The van der Waals surface area contributed by atoms with Gasteiger partial charge < -0.3 is 14.8 Å². The molecule has 1 aliphatic rings. The van der Waals surface area contributed by atoms with Crippen LogP contribution in [-0.2, 0) is 0 Å². The first-order valence-corrected chi connectivity index (χ1v) is 7.01. The molecular weight excluding hydrogens is 288 g/mol. The average Bonchev–Trinajstić information content (AvgIpc) is 2.72. The van der Waals surface area contributed by atoms with Gasteiger partial charge in [-0.15, -0.1) is 0 Å². The van der Waals surface area contributed by atoms with Crippen molar-refractivity contribution in [1.29, 1.82) is 5.26 Å². The van der Waals surface area contributed by atoms with Crippen LogP contribution in [0.25, 0.3) is 0 Å². The summed E-state index contributed by atoms with van der Waals surface area (Å²) in [4.78, 5) is 0. The molecule has 0 unspecified atom stereocenters. The van der Waals surface area contributed by atoms with Gasteiger partial charge in [-0.3, -0.25) is 0 Å². The largest absolute Gasteiger partial charge is 0.490 e. The lowest BCUT2D eigenvalue weighted by Crippen LogP contribution is -1.97. The third-order valence-corrected chi connectivity index (χ3v) is 3.47. The van der Waals surface area contributed by atoms with Gasteiger partial charge in [-0.05, 0) is 24.3 Å². The van der Waals surface area contributed by atoms with Crippen LogP contribution in [0.3, 0.4) is 0 Å². The molecule has 0 aliphatic carbocycles.